The first-order valence-corrected chi connectivity index (χ1v) is 6.55. The van der Waals surface area contributed by atoms with E-state index in [1.165, 1.54) is 0 Å². The predicted molar refractivity (Wildman–Crippen MR) is 77.3 cm³/mol. The molecular formula is C15H19BrO. The number of benzene rings is 1. The molecule has 17 heavy (non-hydrogen) atoms. The first-order chi connectivity index (χ1) is 7.88. The summed E-state index contributed by atoms with van der Waals surface area (Å²) in [6.45, 7) is 12.0. The zero-order chi connectivity index (χ0) is 13.2. The molecule has 0 heterocycles. The maximum atomic E-state index is 10.2. The van der Waals surface area contributed by atoms with Crippen LogP contribution in [0.3, 0.4) is 0 Å². The van der Waals surface area contributed by atoms with Crippen molar-refractivity contribution in [2.75, 3.05) is 0 Å². The highest BCUT2D eigenvalue weighted by molar-refractivity contribution is 9.10. The number of halogens is 1. The Morgan fingerprint density at radius 1 is 1.41 bits per heavy atom. The molecule has 1 aromatic rings. The minimum Gasteiger partial charge on any atom is -0.506 e. The Labute approximate surface area is 112 Å². The molecule has 0 atom stereocenters. The summed E-state index contributed by atoms with van der Waals surface area (Å²) >= 11 is 3.42. The summed E-state index contributed by atoms with van der Waals surface area (Å²) in [6.07, 6.45) is 0.868. The summed E-state index contributed by atoms with van der Waals surface area (Å²) < 4.78 is 0.759. The van der Waals surface area contributed by atoms with Crippen LogP contribution in [0.4, 0.5) is 0 Å². The Hall–Kier alpha value is -0.980. The number of allylic oxidation sites excluding steroid dienone is 1. The van der Waals surface area contributed by atoms with Gasteiger partial charge in [0.1, 0.15) is 5.75 Å². The van der Waals surface area contributed by atoms with Gasteiger partial charge < -0.3 is 5.11 Å². The number of hydrogen-bond donors (Lipinski definition) is 1. The van der Waals surface area contributed by atoms with Crippen molar-refractivity contribution < 1.29 is 5.11 Å². The quantitative estimate of drug-likeness (QED) is 0.779. The predicted octanol–water partition coefficient (Wildman–Crippen LogP) is 4.99. The minimum absolute atomic E-state index is 0.300. The van der Waals surface area contributed by atoms with Crippen LogP contribution in [-0.2, 0) is 0 Å². The maximum absolute atomic E-state index is 10.2. The van der Waals surface area contributed by atoms with Crippen LogP contribution >= 0.6 is 15.9 Å². The highest BCUT2D eigenvalue weighted by Crippen LogP contribution is 2.39. The fourth-order valence-corrected chi connectivity index (χ4v) is 2.31. The molecule has 0 amide bonds. The highest BCUT2D eigenvalue weighted by Gasteiger charge is 2.16. The summed E-state index contributed by atoms with van der Waals surface area (Å²) in [7, 11) is 0. The van der Waals surface area contributed by atoms with E-state index in [-0.39, 0.29) is 0 Å². The molecule has 0 radical (unpaired) electrons. The molecule has 0 fully saturated rings. The molecule has 0 saturated heterocycles. The molecule has 1 nitrogen and oxygen atoms in total. The average Bonchev–Trinajstić information content (AvgIpc) is 2.24. The van der Waals surface area contributed by atoms with Gasteiger partial charge in [0.25, 0.3) is 0 Å². The molecule has 1 aromatic carbocycles. The van der Waals surface area contributed by atoms with Crippen molar-refractivity contribution in [1.29, 1.82) is 0 Å². The van der Waals surface area contributed by atoms with Crippen molar-refractivity contribution in [2.24, 2.45) is 5.92 Å². The van der Waals surface area contributed by atoms with E-state index in [0.29, 0.717) is 11.7 Å². The van der Waals surface area contributed by atoms with Gasteiger partial charge in [0.15, 0.2) is 0 Å². The van der Waals surface area contributed by atoms with E-state index in [1.807, 2.05) is 13.8 Å². The molecule has 1 N–H and O–H groups in total. The molecule has 0 unspecified atom stereocenters. The summed E-state index contributed by atoms with van der Waals surface area (Å²) in [5.74, 6) is 0.812. The summed E-state index contributed by atoms with van der Waals surface area (Å²) in [6, 6.07) is 2.07. The maximum Gasteiger partial charge on any atom is 0.138 e. The van der Waals surface area contributed by atoms with Gasteiger partial charge in [-0.2, -0.15) is 0 Å². The first kappa shape index (κ1) is 14.1. The van der Waals surface area contributed by atoms with Gasteiger partial charge in [0.2, 0.25) is 0 Å². The smallest absolute Gasteiger partial charge is 0.138 e. The van der Waals surface area contributed by atoms with Crippen LogP contribution in [-0.4, -0.2) is 5.11 Å². The van der Waals surface area contributed by atoms with Crippen molar-refractivity contribution in [1.82, 2.24) is 0 Å². The van der Waals surface area contributed by atoms with E-state index in [0.717, 1.165) is 33.2 Å². The lowest BCUT2D eigenvalue weighted by Crippen LogP contribution is -1.96. The van der Waals surface area contributed by atoms with Gasteiger partial charge in [-0.05, 0) is 53.2 Å². The molecule has 0 bridgehead atoms. The number of aromatic hydroxyl groups is 1. The third kappa shape index (κ3) is 3.02. The normalized spacial score (nSPS) is 10.5. The lowest BCUT2D eigenvalue weighted by Gasteiger charge is -2.15. The first-order valence-electron chi connectivity index (χ1n) is 5.76. The standard InChI is InChI=1S/C15H19BrO/c1-6-12(7-9(2)3)13-10(4)8-11(5)14(16)15(13)17/h8-9,17H,1,7H2,2-5H3. The Balaban J connectivity index is 3.40. The highest BCUT2D eigenvalue weighted by atomic mass is 79.9. The van der Waals surface area contributed by atoms with Crippen molar-refractivity contribution in [3.63, 3.8) is 0 Å². The topological polar surface area (TPSA) is 20.2 Å². The van der Waals surface area contributed by atoms with Crippen LogP contribution in [0.15, 0.2) is 22.8 Å². The van der Waals surface area contributed by atoms with E-state index in [1.54, 1.807) is 0 Å². The molecule has 0 aliphatic heterocycles. The fourth-order valence-electron chi connectivity index (χ4n) is 2.00. The Bertz CT molecular complexity index is 480. The van der Waals surface area contributed by atoms with Gasteiger partial charge in [0, 0.05) is 11.1 Å². The van der Waals surface area contributed by atoms with Gasteiger partial charge in [-0.3, -0.25) is 0 Å². The van der Waals surface area contributed by atoms with Gasteiger partial charge in [-0.25, -0.2) is 0 Å². The Morgan fingerprint density at radius 3 is 2.47 bits per heavy atom. The molecular weight excluding hydrogens is 276 g/mol. The fraction of sp³-hybridized carbons (Fsp3) is 0.400. The number of aryl methyl sites for hydroxylation is 2. The van der Waals surface area contributed by atoms with E-state index < -0.39 is 0 Å². The van der Waals surface area contributed by atoms with Crippen LogP contribution in [0.5, 0.6) is 5.75 Å². The second-order valence-corrected chi connectivity index (χ2v) is 5.59. The monoisotopic (exact) mass is 294 g/mol. The average molecular weight is 295 g/mol. The van der Waals surface area contributed by atoms with E-state index in [4.69, 9.17) is 0 Å². The van der Waals surface area contributed by atoms with E-state index >= 15 is 0 Å². The molecule has 0 saturated carbocycles. The number of phenols is 1. The third-order valence-electron chi connectivity index (χ3n) is 2.75. The lowest BCUT2D eigenvalue weighted by molar-refractivity contribution is 0.468. The van der Waals surface area contributed by atoms with Crippen LogP contribution in [0.25, 0.3) is 5.57 Å². The van der Waals surface area contributed by atoms with Crippen molar-refractivity contribution >= 4 is 21.5 Å². The van der Waals surface area contributed by atoms with Crippen LogP contribution < -0.4 is 0 Å². The minimum atomic E-state index is 0.300. The second kappa shape index (κ2) is 5.57. The number of phenolic OH excluding ortho intramolecular Hbond substituents is 1. The molecule has 2 heteroatoms. The zero-order valence-electron chi connectivity index (χ0n) is 10.9. The summed E-state index contributed by atoms with van der Waals surface area (Å²) in [5, 5.41) is 10.2. The number of rotatable bonds is 3. The van der Waals surface area contributed by atoms with E-state index in [2.05, 4.69) is 48.2 Å². The summed E-state index contributed by atoms with van der Waals surface area (Å²) in [5.41, 5.74) is 6.92. The molecule has 0 spiro atoms. The molecule has 0 aliphatic carbocycles. The Kier molecular flexibility index (Phi) is 4.62. The molecule has 0 aliphatic rings. The van der Waals surface area contributed by atoms with Gasteiger partial charge in [0.05, 0.1) is 4.47 Å². The van der Waals surface area contributed by atoms with Crippen molar-refractivity contribution in [3.05, 3.63) is 39.5 Å². The second-order valence-electron chi connectivity index (χ2n) is 4.80. The van der Waals surface area contributed by atoms with Gasteiger partial charge in [-0.1, -0.05) is 26.5 Å². The molecule has 1 rings (SSSR count). The summed E-state index contributed by atoms with van der Waals surface area (Å²) in [4.78, 5) is 0. The van der Waals surface area contributed by atoms with Gasteiger partial charge >= 0.3 is 0 Å². The van der Waals surface area contributed by atoms with Gasteiger partial charge in [-0.15, -0.1) is 5.73 Å². The molecule has 0 aromatic heterocycles. The SMILES string of the molecule is C=C=C(CC(C)C)c1c(C)cc(C)c(Br)c1O. The van der Waals surface area contributed by atoms with Crippen molar-refractivity contribution in [2.45, 2.75) is 34.1 Å². The Morgan fingerprint density at radius 2 is 2.00 bits per heavy atom. The lowest BCUT2D eigenvalue weighted by atomic mass is 9.92. The number of hydrogen-bond acceptors (Lipinski definition) is 1. The van der Waals surface area contributed by atoms with Crippen LogP contribution in [0.2, 0.25) is 0 Å². The van der Waals surface area contributed by atoms with E-state index in [9.17, 15) is 5.11 Å². The van der Waals surface area contributed by atoms with Crippen molar-refractivity contribution in [3.8, 4) is 5.75 Å². The molecule has 92 valence electrons. The van der Waals surface area contributed by atoms with Crippen LogP contribution in [0.1, 0.15) is 37.0 Å². The van der Waals surface area contributed by atoms with Crippen LogP contribution in [0, 0.1) is 19.8 Å². The largest absolute Gasteiger partial charge is 0.506 e. The third-order valence-corrected chi connectivity index (χ3v) is 3.75. The zero-order valence-corrected chi connectivity index (χ0v) is 12.5.